The van der Waals surface area contributed by atoms with Crippen molar-refractivity contribution in [2.24, 2.45) is 5.84 Å². The van der Waals surface area contributed by atoms with Crippen LogP contribution in [0.1, 0.15) is 23.1 Å². The van der Waals surface area contributed by atoms with Crippen LogP contribution in [0.5, 0.6) is 5.75 Å². The van der Waals surface area contributed by atoms with Crippen LogP contribution in [-0.2, 0) is 27.9 Å². The number of benzene rings is 3. The first-order valence-electron chi connectivity index (χ1n) is 11.0. The van der Waals surface area contributed by atoms with Gasteiger partial charge in [-0.2, -0.15) is 4.72 Å². The van der Waals surface area contributed by atoms with Gasteiger partial charge in [0.25, 0.3) is 0 Å². The highest BCUT2D eigenvalue weighted by atomic mass is 32.2. The minimum atomic E-state index is -3.87. The van der Waals surface area contributed by atoms with Gasteiger partial charge in [0.15, 0.2) is 0 Å². The lowest BCUT2D eigenvalue weighted by molar-refractivity contribution is -0.129. The molecule has 1 fully saturated rings. The molecule has 0 unspecified atom stereocenters. The highest BCUT2D eigenvalue weighted by Crippen LogP contribution is 2.25. The van der Waals surface area contributed by atoms with Gasteiger partial charge < -0.3 is 14.6 Å². The number of hydrogen-bond donors (Lipinski definition) is 2. The summed E-state index contributed by atoms with van der Waals surface area (Å²) in [5, 5.41) is 3.28. The first-order valence-corrected chi connectivity index (χ1v) is 12.5. The van der Waals surface area contributed by atoms with E-state index in [1.54, 1.807) is 41.3 Å². The smallest absolute Gasteiger partial charge is 0.241 e. The molecule has 0 saturated carbocycles. The fraction of sp³-hybridized carbons (Fsp3) is 0.240. The van der Waals surface area contributed by atoms with Gasteiger partial charge in [-0.05, 0) is 70.3 Å². The number of carbonyl (C=O) groups excluding carboxylic acids is 1. The number of methoxy groups -OCH3 is 1. The summed E-state index contributed by atoms with van der Waals surface area (Å²) >= 11 is 0. The monoisotopic (exact) mass is 478 g/mol. The highest BCUT2D eigenvalue weighted by molar-refractivity contribution is 7.89. The molecule has 3 aromatic carbocycles. The van der Waals surface area contributed by atoms with Crippen molar-refractivity contribution in [2.45, 2.75) is 30.4 Å². The lowest BCUT2D eigenvalue weighted by atomic mass is 10.0. The van der Waals surface area contributed by atoms with Crippen molar-refractivity contribution in [1.82, 2.24) is 14.6 Å². The number of sulfonamides is 1. The fourth-order valence-corrected chi connectivity index (χ4v) is 5.70. The molecular weight excluding hydrogens is 452 g/mol. The molecule has 5 rings (SSSR count). The predicted molar refractivity (Wildman–Crippen MR) is 130 cm³/mol. The van der Waals surface area contributed by atoms with Gasteiger partial charge in [0.1, 0.15) is 11.8 Å². The highest BCUT2D eigenvalue weighted by Gasteiger charge is 2.35. The van der Waals surface area contributed by atoms with Gasteiger partial charge in [-0.15, -0.1) is 0 Å². The number of carbonyl (C=O) groups is 1. The van der Waals surface area contributed by atoms with Crippen LogP contribution >= 0.6 is 0 Å². The first-order chi connectivity index (χ1) is 16.3. The maximum atomic E-state index is 13.0. The maximum absolute atomic E-state index is 13.0. The number of nitrogens with zero attached hydrogens (tertiary/aromatic N) is 2. The number of hydrogen-bond acceptors (Lipinski definition) is 6. The van der Waals surface area contributed by atoms with E-state index in [-0.39, 0.29) is 10.8 Å². The van der Waals surface area contributed by atoms with Gasteiger partial charge in [0, 0.05) is 19.3 Å². The van der Waals surface area contributed by atoms with E-state index in [9.17, 15) is 13.2 Å². The van der Waals surface area contributed by atoms with E-state index in [2.05, 4.69) is 4.72 Å². The molecule has 1 amide bonds. The van der Waals surface area contributed by atoms with Crippen molar-refractivity contribution < 1.29 is 17.9 Å². The quantitative estimate of drug-likeness (QED) is 0.528. The zero-order valence-corrected chi connectivity index (χ0v) is 19.6. The summed E-state index contributed by atoms with van der Waals surface area (Å²) < 4.78 is 33.9. The molecule has 8 nitrogen and oxygen atoms in total. The molecule has 2 aliphatic rings. The SMILES string of the molecule is COc1ccc2ccc(S(=O)(=O)N[C@H]3CCN(Cc4ccc5c(c4)C=CN(N)C5)C3=O)cc2c1. The number of rotatable bonds is 6. The maximum Gasteiger partial charge on any atom is 0.241 e. The topological polar surface area (TPSA) is 105 Å². The molecule has 1 saturated heterocycles. The molecule has 0 radical (unpaired) electrons. The van der Waals surface area contributed by atoms with E-state index in [0.717, 1.165) is 27.5 Å². The summed E-state index contributed by atoms with van der Waals surface area (Å²) in [7, 11) is -2.30. The Bertz CT molecular complexity index is 1400. The van der Waals surface area contributed by atoms with Crippen LogP contribution < -0.4 is 15.3 Å². The number of likely N-dealkylation sites (tertiary alicyclic amines) is 1. The second kappa shape index (κ2) is 8.75. The normalized spacial score (nSPS) is 17.9. The van der Waals surface area contributed by atoms with Crippen molar-refractivity contribution in [3.8, 4) is 5.75 Å². The van der Waals surface area contributed by atoms with Gasteiger partial charge in [-0.25, -0.2) is 14.3 Å². The van der Waals surface area contributed by atoms with Crippen LogP contribution in [-0.4, -0.2) is 43.9 Å². The molecule has 0 bridgehead atoms. The Balaban J connectivity index is 1.29. The van der Waals surface area contributed by atoms with E-state index in [4.69, 9.17) is 10.6 Å². The number of hydrazine groups is 1. The average molecular weight is 479 g/mol. The zero-order valence-electron chi connectivity index (χ0n) is 18.8. The third-order valence-electron chi connectivity index (χ3n) is 6.31. The Morgan fingerprint density at radius 2 is 1.91 bits per heavy atom. The van der Waals surface area contributed by atoms with Crippen molar-refractivity contribution in [2.75, 3.05) is 13.7 Å². The van der Waals surface area contributed by atoms with Crippen LogP contribution in [0.3, 0.4) is 0 Å². The average Bonchev–Trinajstić information content (AvgIpc) is 3.16. The molecule has 2 aliphatic heterocycles. The fourth-order valence-electron chi connectivity index (χ4n) is 4.45. The standard InChI is InChI=1S/C25H26N4O4S/c1-33-22-6-4-18-5-7-23(14-21(18)13-22)34(31,32)27-24-9-10-28(25(24)30)15-17-2-3-20-16-29(26)11-8-19(20)12-17/h2-8,11-14,24,27H,9-10,15-16,26H2,1H3/t24-/m0/s1. The van der Waals surface area contributed by atoms with E-state index in [1.165, 1.54) is 0 Å². The summed E-state index contributed by atoms with van der Waals surface area (Å²) in [5.74, 6) is 6.25. The summed E-state index contributed by atoms with van der Waals surface area (Å²) in [5.41, 5.74) is 3.20. The van der Waals surface area contributed by atoms with Crippen LogP contribution in [0, 0.1) is 0 Å². The van der Waals surface area contributed by atoms with Crippen LogP contribution in [0.4, 0.5) is 0 Å². The molecule has 3 N–H and O–H groups in total. The van der Waals surface area contributed by atoms with E-state index in [0.29, 0.717) is 31.8 Å². The summed E-state index contributed by atoms with van der Waals surface area (Å²) in [6, 6.07) is 15.7. The van der Waals surface area contributed by atoms with Crippen LogP contribution in [0.25, 0.3) is 16.8 Å². The van der Waals surface area contributed by atoms with Crippen molar-refractivity contribution in [1.29, 1.82) is 0 Å². The third-order valence-corrected chi connectivity index (χ3v) is 7.78. The lowest BCUT2D eigenvalue weighted by Crippen LogP contribution is -2.41. The van der Waals surface area contributed by atoms with Gasteiger partial charge in [-0.3, -0.25) is 4.79 Å². The largest absolute Gasteiger partial charge is 0.497 e. The molecule has 0 aliphatic carbocycles. The number of ether oxygens (including phenoxy) is 1. The van der Waals surface area contributed by atoms with Gasteiger partial charge in [-0.1, -0.05) is 24.3 Å². The molecule has 1 atom stereocenters. The minimum Gasteiger partial charge on any atom is -0.497 e. The molecule has 3 aromatic rings. The summed E-state index contributed by atoms with van der Waals surface area (Å²) in [6.07, 6.45) is 4.19. The molecule has 0 spiro atoms. The lowest BCUT2D eigenvalue weighted by Gasteiger charge is -2.22. The van der Waals surface area contributed by atoms with Gasteiger partial charge in [0.2, 0.25) is 15.9 Å². The molecule has 2 heterocycles. The summed E-state index contributed by atoms with van der Waals surface area (Å²) in [6.45, 7) is 1.56. The Morgan fingerprint density at radius 3 is 2.74 bits per heavy atom. The Hall–Kier alpha value is -3.40. The molecule has 0 aromatic heterocycles. The van der Waals surface area contributed by atoms with E-state index in [1.807, 2.05) is 42.6 Å². The number of nitrogens with one attached hydrogen (secondary N) is 1. The Morgan fingerprint density at radius 1 is 1.09 bits per heavy atom. The molecule has 9 heteroatoms. The van der Waals surface area contributed by atoms with Gasteiger partial charge >= 0.3 is 0 Å². The molecular formula is C25H26N4O4S. The van der Waals surface area contributed by atoms with E-state index < -0.39 is 16.1 Å². The van der Waals surface area contributed by atoms with Crippen LogP contribution in [0.15, 0.2) is 65.7 Å². The Kier molecular flexibility index (Phi) is 5.76. The van der Waals surface area contributed by atoms with E-state index >= 15 is 0 Å². The summed E-state index contributed by atoms with van der Waals surface area (Å²) in [4.78, 5) is 14.8. The van der Waals surface area contributed by atoms with Crippen LogP contribution in [0.2, 0.25) is 0 Å². The number of amides is 1. The van der Waals surface area contributed by atoms with Crippen molar-refractivity contribution in [3.05, 3.63) is 77.5 Å². The second-order valence-corrected chi connectivity index (χ2v) is 10.3. The molecule has 34 heavy (non-hydrogen) atoms. The first kappa shape index (κ1) is 22.4. The predicted octanol–water partition coefficient (Wildman–Crippen LogP) is 2.59. The van der Waals surface area contributed by atoms with Crippen molar-refractivity contribution >= 4 is 32.8 Å². The second-order valence-electron chi connectivity index (χ2n) is 8.62. The van der Waals surface area contributed by atoms with Gasteiger partial charge in [0.05, 0.1) is 18.6 Å². The number of nitrogens with two attached hydrogens (primary N) is 1. The van der Waals surface area contributed by atoms with Crippen molar-refractivity contribution in [3.63, 3.8) is 0 Å². The zero-order chi connectivity index (χ0) is 23.9. The Labute approximate surface area is 198 Å². The third kappa shape index (κ3) is 4.37. The number of fused-ring (bicyclic) bond motifs is 2. The molecule has 176 valence electrons. The minimum absolute atomic E-state index is 0.120.